The zero-order valence-corrected chi connectivity index (χ0v) is 16.3. The molecule has 2 unspecified atom stereocenters. The molecule has 0 N–H and O–H groups in total. The highest BCUT2D eigenvalue weighted by molar-refractivity contribution is 5.78. The third kappa shape index (κ3) is 3.81. The summed E-state index contributed by atoms with van der Waals surface area (Å²) < 4.78 is 7.78. The lowest BCUT2D eigenvalue weighted by molar-refractivity contribution is 0.0635. The molecule has 4 rings (SSSR count). The van der Waals surface area contributed by atoms with Crippen LogP contribution in [0.1, 0.15) is 46.0 Å². The molecule has 0 spiro atoms. The molecule has 3 heterocycles. The number of fused-ring (bicyclic) bond motifs is 3. The van der Waals surface area contributed by atoms with Crippen LogP contribution in [-0.2, 0) is 11.3 Å². The van der Waals surface area contributed by atoms with Crippen LogP contribution < -0.4 is 0 Å². The van der Waals surface area contributed by atoms with Crippen LogP contribution >= 0.6 is 0 Å². The van der Waals surface area contributed by atoms with Crippen molar-refractivity contribution in [2.45, 2.75) is 64.6 Å². The maximum Gasteiger partial charge on any atom is 0.0682 e. The van der Waals surface area contributed by atoms with Crippen molar-refractivity contribution in [2.24, 2.45) is 11.8 Å². The molecule has 0 radical (unpaired) electrons. The van der Waals surface area contributed by atoms with Gasteiger partial charge in [0.05, 0.1) is 11.7 Å². The molecule has 0 saturated carbocycles. The normalized spacial score (nSPS) is 27.2. The topological polar surface area (TPSA) is 30.3 Å². The van der Waals surface area contributed by atoms with Gasteiger partial charge in [-0.3, -0.25) is 9.58 Å². The molecule has 4 heteroatoms. The predicted octanol–water partition coefficient (Wildman–Crippen LogP) is 4.34. The highest BCUT2D eigenvalue weighted by atomic mass is 16.5. The van der Waals surface area contributed by atoms with Crippen LogP contribution in [0.3, 0.4) is 0 Å². The van der Waals surface area contributed by atoms with E-state index in [1.54, 1.807) is 0 Å². The average Bonchev–Trinajstić information content (AvgIpc) is 3.13. The lowest BCUT2D eigenvalue weighted by Gasteiger charge is -2.40. The van der Waals surface area contributed by atoms with Crippen molar-refractivity contribution in [2.75, 3.05) is 19.8 Å². The quantitative estimate of drug-likeness (QED) is 0.660. The van der Waals surface area contributed by atoms with E-state index in [1.807, 2.05) is 6.20 Å². The van der Waals surface area contributed by atoms with Gasteiger partial charge >= 0.3 is 0 Å². The second-order valence-corrected chi connectivity index (χ2v) is 8.40. The van der Waals surface area contributed by atoms with Gasteiger partial charge in [0, 0.05) is 43.8 Å². The molecule has 2 saturated heterocycles. The van der Waals surface area contributed by atoms with E-state index in [1.165, 1.54) is 49.6 Å². The largest absolute Gasteiger partial charge is 0.382 e. The minimum atomic E-state index is 0.626. The smallest absolute Gasteiger partial charge is 0.0682 e. The Morgan fingerprint density at radius 3 is 2.69 bits per heavy atom. The molecular weight excluding hydrogens is 322 g/mol. The van der Waals surface area contributed by atoms with Gasteiger partial charge in [-0.05, 0) is 56.9 Å². The Hall–Kier alpha value is -1.39. The zero-order valence-electron chi connectivity index (χ0n) is 16.3. The second kappa shape index (κ2) is 8.10. The van der Waals surface area contributed by atoms with Crippen LogP contribution in [0.15, 0.2) is 30.5 Å². The Morgan fingerprint density at radius 1 is 1.15 bits per heavy atom. The molecule has 4 nitrogen and oxygen atoms in total. The summed E-state index contributed by atoms with van der Waals surface area (Å²) in [5, 5.41) is 5.87. The van der Waals surface area contributed by atoms with Crippen molar-refractivity contribution in [1.29, 1.82) is 0 Å². The summed E-state index contributed by atoms with van der Waals surface area (Å²) in [7, 11) is 0. The number of benzene rings is 1. The number of nitrogens with zero attached hydrogens (tertiary/aromatic N) is 3. The number of hydrogen-bond donors (Lipinski definition) is 0. The summed E-state index contributed by atoms with van der Waals surface area (Å²) in [5.74, 6) is 1.50. The minimum Gasteiger partial charge on any atom is -0.382 e. The fraction of sp³-hybridized carbons (Fsp3) is 0.682. The van der Waals surface area contributed by atoms with Crippen LogP contribution in [0, 0.1) is 11.8 Å². The first-order valence-corrected chi connectivity index (χ1v) is 10.5. The summed E-state index contributed by atoms with van der Waals surface area (Å²) in [6.45, 7) is 8.50. The van der Waals surface area contributed by atoms with Gasteiger partial charge in [-0.25, -0.2) is 0 Å². The van der Waals surface area contributed by atoms with E-state index >= 15 is 0 Å². The van der Waals surface area contributed by atoms with Crippen molar-refractivity contribution in [3.05, 3.63) is 30.5 Å². The summed E-state index contributed by atoms with van der Waals surface area (Å²) in [5.41, 5.74) is 1.26. The van der Waals surface area contributed by atoms with Crippen LogP contribution in [0.25, 0.3) is 10.9 Å². The van der Waals surface area contributed by atoms with Crippen molar-refractivity contribution in [3.8, 4) is 0 Å². The first-order valence-electron chi connectivity index (χ1n) is 10.5. The Labute approximate surface area is 157 Å². The van der Waals surface area contributed by atoms with E-state index in [4.69, 9.17) is 4.74 Å². The van der Waals surface area contributed by atoms with Crippen LogP contribution in [-0.4, -0.2) is 46.5 Å². The Balaban J connectivity index is 1.33. The summed E-state index contributed by atoms with van der Waals surface area (Å²) in [6, 6.07) is 10.1. The van der Waals surface area contributed by atoms with Crippen LogP contribution in [0.2, 0.25) is 0 Å². The summed E-state index contributed by atoms with van der Waals surface area (Å²) >= 11 is 0. The molecule has 3 atom stereocenters. The molecule has 1 aromatic heterocycles. The van der Waals surface area contributed by atoms with Gasteiger partial charge in [-0.1, -0.05) is 25.1 Å². The maximum atomic E-state index is 5.59. The SMILES string of the molecule is CCOCCC1CC2CCC(C1)N2C[C@@H](C)Cn1ncc2ccccc21. The molecule has 2 bridgehead atoms. The van der Waals surface area contributed by atoms with Crippen molar-refractivity contribution >= 4 is 10.9 Å². The molecule has 2 aromatic rings. The van der Waals surface area contributed by atoms with Crippen LogP contribution in [0.5, 0.6) is 0 Å². The van der Waals surface area contributed by atoms with Crippen molar-refractivity contribution in [3.63, 3.8) is 0 Å². The molecule has 2 aliphatic heterocycles. The van der Waals surface area contributed by atoms with Gasteiger partial charge in [0.15, 0.2) is 0 Å². The Bertz CT molecular complexity index is 698. The predicted molar refractivity (Wildman–Crippen MR) is 106 cm³/mol. The molecular formula is C22H33N3O. The monoisotopic (exact) mass is 355 g/mol. The van der Waals surface area contributed by atoms with Gasteiger partial charge in [0.2, 0.25) is 0 Å². The molecule has 1 aromatic carbocycles. The maximum absolute atomic E-state index is 5.59. The number of rotatable bonds is 8. The highest BCUT2D eigenvalue weighted by Crippen LogP contribution is 2.40. The van der Waals surface area contributed by atoms with E-state index in [0.29, 0.717) is 5.92 Å². The van der Waals surface area contributed by atoms with Gasteiger partial charge < -0.3 is 4.74 Å². The fourth-order valence-corrected chi connectivity index (χ4v) is 5.20. The van der Waals surface area contributed by atoms with E-state index in [0.717, 1.165) is 37.8 Å². The lowest BCUT2D eigenvalue weighted by atomic mass is 9.88. The minimum absolute atomic E-state index is 0.626. The zero-order chi connectivity index (χ0) is 17.9. The van der Waals surface area contributed by atoms with Crippen molar-refractivity contribution in [1.82, 2.24) is 14.7 Å². The third-order valence-corrected chi connectivity index (χ3v) is 6.41. The van der Waals surface area contributed by atoms with E-state index in [-0.39, 0.29) is 0 Å². The van der Waals surface area contributed by atoms with Gasteiger partial charge in [0.1, 0.15) is 0 Å². The molecule has 2 fully saturated rings. The third-order valence-electron chi connectivity index (χ3n) is 6.41. The first kappa shape index (κ1) is 18.0. The van der Waals surface area contributed by atoms with Crippen LogP contribution in [0.4, 0.5) is 0 Å². The summed E-state index contributed by atoms with van der Waals surface area (Å²) in [6.07, 6.45) is 8.79. The number of hydrogen-bond acceptors (Lipinski definition) is 3. The van der Waals surface area contributed by atoms with E-state index in [9.17, 15) is 0 Å². The molecule has 142 valence electrons. The Kier molecular flexibility index (Phi) is 5.60. The van der Waals surface area contributed by atoms with E-state index < -0.39 is 0 Å². The van der Waals surface area contributed by atoms with Crippen molar-refractivity contribution < 1.29 is 4.74 Å². The van der Waals surface area contributed by atoms with E-state index in [2.05, 4.69) is 52.8 Å². The van der Waals surface area contributed by atoms with Gasteiger partial charge in [0.25, 0.3) is 0 Å². The highest BCUT2D eigenvalue weighted by Gasteiger charge is 2.40. The molecule has 2 aliphatic rings. The summed E-state index contributed by atoms with van der Waals surface area (Å²) in [4.78, 5) is 2.83. The average molecular weight is 356 g/mol. The molecule has 0 aliphatic carbocycles. The lowest BCUT2D eigenvalue weighted by Crippen LogP contribution is -2.45. The second-order valence-electron chi connectivity index (χ2n) is 8.40. The number of para-hydroxylation sites is 1. The number of ether oxygens (including phenoxy) is 1. The Morgan fingerprint density at radius 2 is 1.92 bits per heavy atom. The number of aromatic nitrogens is 2. The fourth-order valence-electron chi connectivity index (χ4n) is 5.20. The number of piperidine rings is 1. The standard InChI is InChI=1S/C22H33N3O/c1-3-26-11-10-18-12-20-8-9-21(13-18)24(20)15-17(2)16-25-22-7-5-4-6-19(22)14-23-25/h4-7,14,17-18,20-21H,3,8-13,15-16H2,1-2H3/t17-,18?,20?,21?/m1/s1. The molecule has 26 heavy (non-hydrogen) atoms. The van der Waals surface area contributed by atoms with Gasteiger partial charge in [-0.2, -0.15) is 5.10 Å². The molecule has 0 amide bonds. The van der Waals surface area contributed by atoms with Gasteiger partial charge in [-0.15, -0.1) is 0 Å². The first-order chi connectivity index (χ1) is 12.7.